The van der Waals surface area contributed by atoms with Crippen LogP contribution in [0.5, 0.6) is 0 Å². The second-order valence-corrected chi connectivity index (χ2v) is 5.97. The Morgan fingerprint density at radius 1 is 1.19 bits per heavy atom. The number of methoxy groups -OCH3 is 1. The van der Waals surface area contributed by atoms with Gasteiger partial charge in [-0.25, -0.2) is 9.97 Å². The van der Waals surface area contributed by atoms with Crippen LogP contribution in [-0.2, 0) is 17.9 Å². The van der Waals surface area contributed by atoms with Crippen LogP contribution in [0.1, 0.15) is 34.2 Å². The lowest BCUT2D eigenvalue weighted by molar-refractivity contribution is 0.0927. The zero-order valence-corrected chi connectivity index (χ0v) is 14.7. The summed E-state index contributed by atoms with van der Waals surface area (Å²) in [6.45, 7) is 1.14. The lowest BCUT2D eigenvalue weighted by Gasteiger charge is -2.19. The molecule has 0 aliphatic carbocycles. The molecule has 0 saturated heterocycles. The number of carbonyl (C=O) groups excluding carboxylic acids is 1. The van der Waals surface area contributed by atoms with Crippen LogP contribution >= 0.6 is 0 Å². The van der Waals surface area contributed by atoms with Gasteiger partial charge in [-0.1, -0.05) is 36.4 Å². The maximum absolute atomic E-state index is 12.7. The molecule has 3 rings (SSSR count). The van der Waals surface area contributed by atoms with Crippen molar-refractivity contribution in [2.75, 3.05) is 7.11 Å². The first-order valence-corrected chi connectivity index (χ1v) is 8.52. The lowest BCUT2D eigenvalue weighted by atomic mass is 10.0. The minimum atomic E-state index is -0.192. The Morgan fingerprint density at radius 3 is 2.77 bits per heavy atom. The molecule has 6 nitrogen and oxygen atoms in total. The predicted molar refractivity (Wildman–Crippen MR) is 98.4 cm³/mol. The van der Waals surface area contributed by atoms with Crippen LogP contribution in [0.3, 0.4) is 0 Å². The van der Waals surface area contributed by atoms with Crippen LogP contribution in [-0.4, -0.2) is 27.6 Å². The van der Waals surface area contributed by atoms with Crippen molar-refractivity contribution in [1.82, 2.24) is 19.9 Å². The van der Waals surface area contributed by atoms with Crippen LogP contribution in [0.25, 0.3) is 0 Å². The molecule has 1 atom stereocenters. The molecule has 134 valence electrons. The van der Waals surface area contributed by atoms with Crippen LogP contribution in [0.2, 0.25) is 0 Å². The number of pyridine rings is 1. The van der Waals surface area contributed by atoms with E-state index in [0.717, 1.165) is 24.2 Å². The molecule has 0 aliphatic heterocycles. The average molecular weight is 350 g/mol. The zero-order valence-electron chi connectivity index (χ0n) is 14.7. The minimum Gasteiger partial charge on any atom is -0.378 e. The van der Waals surface area contributed by atoms with Crippen molar-refractivity contribution in [1.29, 1.82) is 0 Å². The number of nitrogens with one attached hydrogen (secondary N) is 1. The molecule has 0 spiro atoms. The number of nitrogens with zero attached hydrogens (tertiary/aromatic N) is 3. The number of carbonyl (C=O) groups is 1. The summed E-state index contributed by atoms with van der Waals surface area (Å²) >= 11 is 0. The fourth-order valence-corrected chi connectivity index (χ4v) is 2.77. The fraction of sp³-hybridized carbons (Fsp3) is 0.250. The number of hydrogen-bond acceptors (Lipinski definition) is 4. The Kier molecular flexibility index (Phi) is 6.11. The summed E-state index contributed by atoms with van der Waals surface area (Å²) in [5.41, 5.74) is 2.19. The van der Waals surface area contributed by atoms with Crippen LogP contribution in [0.15, 0.2) is 67.3 Å². The SMILES string of the molecule is COCc1cccc(C(=O)N[C@@H](CCn2ccnc2)c2ccccc2)n1. The van der Waals surface area contributed by atoms with E-state index < -0.39 is 0 Å². The summed E-state index contributed by atoms with van der Waals surface area (Å²) in [4.78, 5) is 21.1. The van der Waals surface area contributed by atoms with E-state index in [2.05, 4.69) is 15.3 Å². The summed E-state index contributed by atoms with van der Waals surface area (Å²) in [5, 5.41) is 3.11. The van der Waals surface area contributed by atoms with Crippen molar-refractivity contribution < 1.29 is 9.53 Å². The van der Waals surface area contributed by atoms with Gasteiger partial charge in [-0.15, -0.1) is 0 Å². The Balaban J connectivity index is 1.74. The van der Waals surface area contributed by atoms with Crippen molar-refractivity contribution >= 4 is 5.91 Å². The maximum atomic E-state index is 12.7. The van der Waals surface area contributed by atoms with E-state index in [0.29, 0.717) is 12.3 Å². The normalized spacial score (nSPS) is 11.9. The molecular weight excluding hydrogens is 328 g/mol. The van der Waals surface area contributed by atoms with Gasteiger partial charge in [0.1, 0.15) is 5.69 Å². The second kappa shape index (κ2) is 8.92. The van der Waals surface area contributed by atoms with Gasteiger partial charge in [0.05, 0.1) is 24.7 Å². The second-order valence-electron chi connectivity index (χ2n) is 5.97. The average Bonchev–Trinajstić information content (AvgIpc) is 3.20. The van der Waals surface area contributed by atoms with Crippen LogP contribution in [0.4, 0.5) is 0 Å². The number of rotatable bonds is 8. The molecule has 2 aromatic heterocycles. The molecule has 1 aromatic carbocycles. The summed E-state index contributed by atoms with van der Waals surface area (Å²) in [7, 11) is 1.61. The van der Waals surface area contributed by atoms with Gasteiger partial charge in [0.25, 0.3) is 5.91 Å². The number of hydrogen-bond donors (Lipinski definition) is 1. The molecule has 1 N–H and O–H groups in total. The first-order valence-electron chi connectivity index (χ1n) is 8.52. The van der Waals surface area contributed by atoms with Crippen molar-refractivity contribution in [2.45, 2.75) is 25.6 Å². The molecule has 3 aromatic rings. The number of benzene rings is 1. The van der Waals surface area contributed by atoms with Gasteiger partial charge in [-0.2, -0.15) is 0 Å². The van der Waals surface area contributed by atoms with Crippen molar-refractivity contribution in [2.24, 2.45) is 0 Å². The quantitative estimate of drug-likeness (QED) is 0.678. The molecule has 0 fully saturated rings. The highest BCUT2D eigenvalue weighted by Gasteiger charge is 2.17. The third kappa shape index (κ3) is 4.77. The van der Waals surface area contributed by atoms with Gasteiger partial charge in [-0.3, -0.25) is 4.79 Å². The first-order chi connectivity index (χ1) is 12.8. The number of ether oxygens (including phenoxy) is 1. The lowest BCUT2D eigenvalue weighted by Crippen LogP contribution is -2.30. The number of imidazole rings is 1. The Morgan fingerprint density at radius 2 is 2.04 bits per heavy atom. The van der Waals surface area contributed by atoms with Crippen molar-refractivity contribution in [3.63, 3.8) is 0 Å². The molecule has 26 heavy (non-hydrogen) atoms. The van der Waals surface area contributed by atoms with E-state index in [1.807, 2.05) is 53.2 Å². The van der Waals surface area contributed by atoms with E-state index in [4.69, 9.17) is 4.74 Å². The third-order valence-corrected chi connectivity index (χ3v) is 4.07. The summed E-state index contributed by atoms with van der Waals surface area (Å²) in [6, 6.07) is 15.2. The monoisotopic (exact) mass is 350 g/mol. The van der Waals surface area contributed by atoms with E-state index in [1.54, 1.807) is 25.7 Å². The smallest absolute Gasteiger partial charge is 0.270 e. The molecule has 0 radical (unpaired) electrons. The number of aromatic nitrogens is 3. The topological polar surface area (TPSA) is 69.0 Å². The van der Waals surface area contributed by atoms with Crippen molar-refractivity contribution in [3.05, 3.63) is 84.2 Å². The van der Waals surface area contributed by atoms with E-state index >= 15 is 0 Å². The van der Waals surface area contributed by atoms with Gasteiger partial charge in [0.2, 0.25) is 0 Å². The molecule has 1 amide bonds. The highest BCUT2D eigenvalue weighted by atomic mass is 16.5. The molecule has 0 aliphatic rings. The van der Waals surface area contributed by atoms with Crippen LogP contribution in [0, 0.1) is 0 Å². The zero-order chi connectivity index (χ0) is 18.2. The van der Waals surface area contributed by atoms with Crippen molar-refractivity contribution in [3.8, 4) is 0 Å². The molecule has 6 heteroatoms. The van der Waals surface area contributed by atoms with Crippen LogP contribution < -0.4 is 5.32 Å². The Hall–Kier alpha value is -2.99. The van der Waals surface area contributed by atoms with E-state index in [-0.39, 0.29) is 11.9 Å². The van der Waals surface area contributed by atoms with Gasteiger partial charge >= 0.3 is 0 Å². The molecule has 2 heterocycles. The van der Waals surface area contributed by atoms with Gasteiger partial charge < -0.3 is 14.6 Å². The molecule has 0 unspecified atom stereocenters. The highest BCUT2D eigenvalue weighted by Crippen LogP contribution is 2.18. The summed E-state index contributed by atoms with van der Waals surface area (Å²) < 4.78 is 7.09. The summed E-state index contributed by atoms with van der Waals surface area (Å²) in [6.07, 6.45) is 6.20. The van der Waals surface area contributed by atoms with Gasteiger partial charge in [-0.05, 0) is 24.1 Å². The number of amides is 1. The largest absolute Gasteiger partial charge is 0.378 e. The highest BCUT2D eigenvalue weighted by molar-refractivity contribution is 5.92. The van der Waals surface area contributed by atoms with E-state index in [9.17, 15) is 4.79 Å². The standard InChI is InChI=1S/C20H22N4O2/c1-26-14-17-8-5-9-19(22-17)20(25)23-18(16-6-3-2-4-7-16)10-12-24-13-11-21-15-24/h2-9,11,13,15,18H,10,12,14H2,1H3,(H,23,25)/t18-/m0/s1. The molecule has 0 saturated carbocycles. The third-order valence-electron chi connectivity index (χ3n) is 4.07. The first kappa shape index (κ1) is 17.8. The minimum absolute atomic E-state index is 0.112. The van der Waals surface area contributed by atoms with Gasteiger partial charge in [0.15, 0.2) is 0 Å². The van der Waals surface area contributed by atoms with Gasteiger partial charge in [0, 0.05) is 26.0 Å². The Bertz CT molecular complexity index is 819. The fourth-order valence-electron chi connectivity index (χ4n) is 2.77. The predicted octanol–water partition coefficient (Wildman–Crippen LogP) is 2.99. The summed E-state index contributed by atoms with van der Waals surface area (Å²) in [5.74, 6) is -0.192. The van der Waals surface area contributed by atoms with E-state index in [1.165, 1.54) is 0 Å². The Labute approximate surface area is 152 Å². The molecular formula is C20H22N4O2. The maximum Gasteiger partial charge on any atom is 0.270 e. The molecule has 0 bridgehead atoms. The number of aryl methyl sites for hydroxylation is 1.